The Morgan fingerprint density at radius 2 is 1.57 bits per heavy atom. The van der Waals surface area contributed by atoms with Crippen molar-refractivity contribution in [2.24, 2.45) is 0 Å². The molecule has 0 aliphatic carbocycles. The zero-order chi connectivity index (χ0) is 15.5. The summed E-state index contributed by atoms with van der Waals surface area (Å²) in [7, 11) is 4.06. The maximum Gasteiger partial charge on any atom is 0.0786 e. The van der Waals surface area contributed by atoms with Gasteiger partial charge in [0.1, 0.15) is 0 Å². The van der Waals surface area contributed by atoms with Crippen molar-refractivity contribution < 1.29 is 0 Å². The molecule has 0 amide bonds. The normalized spacial score (nSPS) is 10.7. The first-order valence-electron chi connectivity index (χ1n) is 8.36. The molecule has 0 saturated heterocycles. The van der Waals surface area contributed by atoms with Crippen LogP contribution in [0.15, 0.2) is 18.2 Å². The lowest BCUT2D eigenvalue weighted by atomic mass is 10.1. The first-order chi connectivity index (χ1) is 10.2. The highest BCUT2D eigenvalue weighted by Crippen LogP contribution is 2.32. The van der Waals surface area contributed by atoms with Crippen molar-refractivity contribution in [2.45, 2.75) is 58.3 Å². The van der Waals surface area contributed by atoms with E-state index in [1.807, 2.05) is 26.2 Å². The summed E-state index contributed by atoms with van der Waals surface area (Å²) in [6.45, 7) is 3.29. The van der Waals surface area contributed by atoms with Crippen molar-refractivity contribution in [1.29, 1.82) is 0 Å². The first-order valence-corrected chi connectivity index (χ1v) is 8.74. The molecule has 0 unspecified atom stereocenters. The van der Waals surface area contributed by atoms with Crippen LogP contribution in [0.4, 0.5) is 11.4 Å². The van der Waals surface area contributed by atoms with Crippen LogP contribution >= 0.6 is 11.6 Å². The van der Waals surface area contributed by atoms with Gasteiger partial charge < -0.3 is 10.2 Å². The summed E-state index contributed by atoms with van der Waals surface area (Å²) in [5, 5.41) is 4.33. The summed E-state index contributed by atoms with van der Waals surface area (Å²) in [6, 6.07) is 6.05. The monoisotopic (exact) mass is 310 g/mol. The summed E-state index contributed by atoms with van der Waals surface area (Å²) in [5.41, 5.74) is 2.22. The van der Waals surface area contributed by atoms with Gasteiger partial charge in [-0.2, -0.15) is 0 Å². The highest BCUT2D eigenvalue weighted by Gasteiger charge is 2.08. The van der Waals surface area contributed by atoms with Gasteiger partial charge >= 0.3 is 0 Å². The minimum atomic E-state index is 0.806. The molecule has 0 bridgehead atoms. The number of nitrogens with zero attached hydrogens (tertiary/aromatic N) is 1. The fraction of sp³-hybridized carbons (Fsp3) is 0.667. The van der Waals surface area contributed by atoms with Gasteiger partial charge in [-0.05, 0) is 18.6 Å². The third-order valence-electron chi connectivity index (χ3n) is 3.78. The van der Waals surface area contributed by atoms with E-state index >= 15 is 0 Å². The zero-order valence-corrected chi connectivity index (χ0v) is 14.7. The van der Waals surface area contributed by atoms with E-state index in [4.69, 9.17) is 11.6 Å². The zero-order valence-electron chi connectivity index (χ0n) is 13.9. The molecule has 0 saturated carbocycles. The summed E-state index contributed by atoms with van der Waals surface area (Å²) < 4.78 is 0. The van der Waals surface area contributed by atoms with E-state index in [0.717, 1.165) is 22.9 Å². The van der Waals surface area contributed by atoms with Crippen LogP contribution in [0.25, 0.3) is 0 Å². The Hall–Kier alpha value is -0.890. The quantitative estimate of drug-likeness (QED) is 0.507. The maximum atomic E-state index is 6.27. The van der Waals surface area contributed by atoms with Crippen molar-refractivity contribution in [3.8, 4) is 0 Å². The van der Waals surface area contributed by atoms with Crippen molar-refractivity contribution in [2.75, 3.05) is 30.9 Å². The van der Waals surface area contributed by atoms with E-state index in [2.05, 4.69) is 23.2 Å². The Kier molecular flexibility index (Phi) is 9.32. The predicted molar refractivity (Wildman–Crippen MR) is 96.9 cm³/mol. The molecule has 0 aliphatic rings. The fourth-order valence-electron chi connectivity index (χ4n) is 2.59. The van der Waals surface area contributed by atoms with E-state index in [9.17, 15) is 0 Å². The molecular weight excluding hydrogens is 280 g/mol. The second-order valence-electron chi connectivity index (χ2n) is 5.93. The van der Waals surface area contributed by atoms with Gasteiger partial charge in [-0.1, -0.05) is 69.5 Å². The molecule has 0 radical (unpaired) electrons. The molecule has 2 nitrogen and oxygen atoms in total. The van der Waals surface area contributed by atoms with Gasteiger partial charge in [0.05, 0.1) is 16.4 Å². The van der Waals surface area contributed by atoms with Gasteiger partial charge in [0.25, 0.3) is 0 Å². The van der Waals surface area contributed by atoms with E-state index in [-0.39, 0.29) is 0 Å². The van der Waals surface area contributed by atoms with Crippen LogP contribution in [0, 0.1) is 0 Å². The first kappa shape index (κ1) is 18.2. The number of benzene rings is 1. The van der Waals surface area contributed by atoms with Gasteiger partial charge in [0.2, 0.25) is 0 Å². The Bertz CT molecular complexity index is 391. The number of hydrogen-bond donors (Lipinski definition) is 1. The lowest BCUT2D eigenvalue weighted by Crippen LogP contribution is -2.13. The standard InChI is InChI=1S/C18H31ClN2/c1-4-5-6-7-8-9-10-11-15-20-17-14-12-13-16(19)18(17)21(2)3/h12-14,20H,4-11,15H2,1-3H3. The number of rotatable bonds is 11. The topological polar surface area (TPSA) is 15.3 Å². The molecule has 0 spiro atoms. The molecule has 120 valence electrons. The molecule has 0 aromatic heterocycles. The maximum absolute atomic E-state index is 6.27. The van der Waals surface area contributed by atoms with Gasteiger partial charge in [0.15, 0.2) is 0 Å². The molecule has 3 heteroatoms. The molecule has 1 aromatic rings. The van der Waals surface area contributed by atoms with Crippen molar-refractivity contribution in [3.63, 3.8) is 0 Å². The fourth-order valence-corrected chi connectivity index (χ4v) is 2.94. The van der Waals surface area contributed by atoms with Gasteiger partial charge in [-0.25, -0.2) is 0 Å². The summed E-state index contributed by atoms with van der Waals surface area (Å²) in [6.07, 6.45) is 10.8. The van der Waals surface area contributed by atoms with Gasteiger partial charge in [-0.3, -0.25) is 0 Å². The second-order valence-corrected chi connectivity index (χ2v) is 6.34. The van der Waals surface area contributed by atoms with Crippen LogP contribution in [-0.4, -0.2) is 20.6 Å². The van der Waals surface area contributed by atoms with Crippen LogP contribution in [0.5, 0.6) is 0 Å². The molecule has 21 heavy (non-hydrogen) atoms. The molecule has 0 fully saturated rings. The third-order valence-corrected chi connectivity index (χ3v) is 4.08. The molecule has 0 aliphatic heterocycles. The minimum Gasteiger partial charge on any atom is -0.383 e. The molecule has 1 N–H and O–H groups in total. The minimum absolute atomic E-state index is 0.806. The summed E-state index contributed by atoms with van der Waals surface area (Å²) in [5.74, 6) is 0. The third kappa shape index (κ3) is 7.08. The lowest BCUT2D eigenvalue weighted by Gasteiger charge is -2.20. The highest BCUT2D eigenvalue weighted by molar-refractivity contribution is 6.34. The molecular formula is C18H31ClN2. The second kappa shape index (κ2) is 10.8. The number of halogens is 1. The average molecular weight is 311 g/mol. The largest absolute Gasteiger partial charge is 0.383 e. The number of unbranched alkanes of at least 4 members (excludes halogenated alkanes) is 7. The number of anilines is 2. The molecule has 1 rings (SSSR count). The van der Waals surface area contributed by atoms with Crippen LogP contribution in [-0.2, 0) is 0 Å². The average Bonchev–Trinajstić information content (AvgIpc) is 2.45. The van der Waals surface area contributed by atoms with Crippen LogP contribution < -0.4 is 10.2 Å². The van der Waals surface area contributed by atoms with E-state index in [1.54, 1.807) is 0 Å². The Balaban J connectivity index is 2.20. The molecule has 0 atom stereocenters. The van der Waals surface area contributed by atoms with Crippen molar-refractivity contribution in [3.05, 3.63) is 23.2 Å². The van der Waals surface area contributed by atoms with Crippen LogP contribution in [0.3, 0.4) is 0 Å². The van der Waals surface area contributed by atoms with Gasteiger partial charge in [-0.15, -0.1) is 0 Å². The molecule has 1 aromatic carbocycles. The number of para-hydroxylation sites is 1. The Morgan fingerprint density at radius 3 is 2.19 bits per heavy atom. The lowest BCUT2D eigenvalue weighted by molar-refractivity contribution is 0.581. The summed E-state index contributed by atoms with van der Waals surface area (Å²) in [4.78, 5) is 2.07. The van der Waals surface area contributed by atoms with Crippen LogP contribution in [0.1, 0.15) is 58.3 Å². The van der Waals surface area contributed by atoms with Gasteiger partial charge in [0, 0.05) is 20.6 Å². The SMILES string of the molecule is CCCCCCCCCCNc1cccc(Cl)c1N(C)C. The highest BCUT2D eigenvalue weighted by atomic mass is 35.5. The van der Waals surface area contributed by atoms with E-state index in [0.29, 0.717) is 0 Å². The Labute approximate surface area is 135 Å². The summed E-state index contributed by atoms with van der Waals surface area (Å²) >= 11 is 6.27. The predicted octanol–water partition coefficient (Wildman–Crippen LogP) is 5.96. The number of hydrogen-bond acceptors (Lipinski definition) is 2. The molecule has 0 heterocycles. The van der Waals surface area contributed by atoms with Crippen molar-refractivity contribution >= 4 is 23.0 Å². The van der Waals surface area contributed by atoms with Crippen LogP contribution in [0.2, 0.25) is 5.02 Å². The van der Waals surface area contributed by atoms with E-state index < -0.39 is 0 Å². The van der Waals surface area contributed by atoms with E-state index in [1.165, 1.54) is 51.4 Å². The number of nitrogens with one attached hydrogen (secondary N) is 1. The smallest absolute Gasteiger partial charge is 0.0786 e. The van der Waals surface area contributed by atoms with Crippen molar-refractivity contribution in [1.82, 2.24) is 0 Å². The Morgan fingerprint density at radius 1 is 0.952 bits per heavy atom.